The first-order chi connectivity index (χ1) is 9.76. The molecule has 114 valence electrons. The van der Waals surface area contributed by atoms with Crippen LogP contribution in [0.5, 0.6) is 0 Å². The number of nitrogens with zero attached hydrogens (tertiary/aromatic N) is 2. The molecule has 0 saturated heterocycles. The van der Waals surface area contributed by atoms with Crippen molar-refractivity contribution in [1.82, 2.24) is 9.78 Å². The molecule has 21 heavy (non-hydrogen) atoms. The van der Waals surface area contributed by atoms with Crippen molar-refractivity contribution in [3.63, 3.8) is 0 Å². The molecule has 0 spiro atoms. The van der Waals surface area contributed by atoms with E-state index in [-0.39, 0.29) is 17.9 Å². The number of rotatable bonds is 4. The fraction of sp³-hybridized carbons (Fsp3) is 0.250. The average molecular weight is 380 g/mol. The van der Waals surface area contributed by atoms with Gasteiger partial charge in [-0.1, -0.05) is 15.9 Å². The molecule has 0 atom stereocenters. The Kier molecular flexibility index (Phi) is 4.33. The normalized spacial score (nSPS) is 11.7. The highest BCUT2D eigenvalue weighted by molar-refractivity contribution is 9.10. The average Bonchev–Trinajstić information content (AvgIpc) is 2.68. The summed E-state index contributed by atoms with van der Waals surface area (Å²) >= 11 is 3.07. The minimum absolute atomic E-state index is 0.0133. The Hall–Kier alpha value is -1.48. The van der Waals surface area contributed by atoms with Crippen LogP contribution in [0.1, 0.15) is 12.6 Å². The first-order valence-electron chi connectivity index (χ1n) is 5.97. The molecule has 0 aliphatic heterocycles. The third-order valence-electron chi connectivity index (χ3n) is 2.76. The highest BCUT2D eigenvalue weighted by atomic mass is 79.9. The van der Waals surface area contributed by atoms with Crippen molar-refractivity contribution < 1.29 is 17.2 Å². The lowest BCUT2D eigenvalue weighted by Gasteiger charge is -2.08. The van der Waals surface area contributed by atoms with Gasteiger partial charge in [-0.05, 0) is 32.0 Å². The number of benzene rings is 1. The lowest BCUT2D eigenvalue weighted by Crippen LogP contribution is -2.16. The lowest BCUT2D eigenvalue weighted by atomic mass is 10.3. The Bertz CT molecular complexity index is 790. The fourth-order valence-electron chi connectivity index (χ4n) is 1.82. The summed E-state index contributed by atoms with van der Waals surface area (Å²) < 4.78 is 55.6. The number of hydrogen-bond acceptors (Lipinski definition) is 3. The molecule has 1 aromatic carbocycles. The van der Waals surface area contributed by atoms with Gasteiger partial charge in [-0.2, -0.15) is 9.49 Å². The predicted octanol–water partition coefficient (Wildman–Crippen LogP) is 3.05. The lowest BCUT2D eigenvalue weighted by molar-refractivity contribution is 0.454. The maximum atomic E-state index is 14.0. The number of aromatic nitrogens is 2. The third-order valence-corrected chi connectivity index (χ3v) is 4.74. The summed E-state index contributed by atoms with van der Waals surface area (Å²) in [6, 6.07) is 3.82. The van der Waals surface area contributed by atoms with Gasteiger partial charge in [0.2, 0.25) is 5.95 Å². The summed E-state index contributed by atoms with van der Waals surface area (Å²) in [6.45, 7) is 3.20. The molecule has 0 amide bonds. The molecular weight excluding hydrogens is 368 g/mol. The van der Waals surface area contributed by atoms with E-state index >= 15 is 0 Å². The predicted molar refractivity (Wildman–Crippen MR) is 77.5 cm³/mol. The maximum absolute atomic E-state index is 14.0. The molecule has 2 rings (SSSR count). The molecule has 0 saturated carbocycles. The van der Waals surface area contributed by atoms with Gasteiger partial charge in [-0.15, -0.1) is 0 Å². The summed E-state index contributed by atoms with van der Waals surface area (Å²) in [4.78, 5) is -0.577. The van der Waals surface area contributed by atoms with Crippen molar-refractivity contribution in [3.8, 4) is 0 Å². The zero-order chi connectivity index (χ0) is 15.8. The van der Waals surface area contributed by atoms with E-state index < -0.39 is 26.7 Å². The van der Waals surface area contributed by atoms with Crippen molar-refractivity contribution in [2.24, 2.45) is 0 Å². The molecule has 2 aromatic rings. The molecule has 0 aliphatic rings. The summed E-state index contributed by atoms with van der Waals surface area (Å²) in [5.74, 6) is -1.74. The Morgan fingerprint density at radius 2 is 2.05 bits per heavy atom. The molecule has 0 radical (unpaired) electrons. The Labute approximate surface area is 129 Å². The van der Waals surface area contributed by atoms with Crippen molar-refractivity contribution in [1.29, 1.82) is 0 Å². The molecule has 9 heteroatoms. The first-order valence-corrected chi connectivity index (χ1v) is 8.24. The Balaban J connectivity index is 2.46. The molecule has 0 fully saturated rings. The maximum Gasteiger partial charge on any atom is 0.268 e. The smallest absolute Gasteiger partial charge is 0.268 e. The van der Waals surface area contributed by atoms with Gasteiger partial charge in [0, 0.05) is 11.0 Å². The van der Waals surface area contributed by atoms with Crippen LogP contribution in [0.3, 0.4) is 0 Å². The van der Waals surface area contributed by atoms with Crippen LogP contribution in [0.2, 0.25) is 0 Å². The molecule has 1 heterocycles. The number of aryl methyl sites for hydroxylation is 2. The van der Waals surface area contributed by atoms with Gasteiger partial charge in [0.25, 0.3) is 10.0 Å². The van der Waals surface area contributed by atoms with E-state index in [0.29, 0.717) is 4.47 Å². The third kappa shape index (κ3) is 3.08. The van der Waals surface area contributed by atoms with Crippen LogP contribution in [0, 0.1) is 18.7 Å². The van der Waals surface area contributed by atoms with Gasteiger partial charge in [0.1, 0.15) is 5.82 Å². The van der Waals surface area contributed by atoms with Crippen molar-refractivity contribution in [2.45, 2.75) is 25.3 Å². The topological polar surface area (TPSA) is 64.0 Å². The van der Waals surface area contributed by atoms with Crippen molar-refractivity contribution >= 4 is 31.6 Å². The zero-order valence-electron chi connectivity index (χ0n) is 11.2. The van der Waals surface area contributed by atoms with Gasteiger partial charge in [0.05, 0.1) is 11.4 Å². The van der Waals surface area contributed by atoms with Crippen LogP contribution in [-0.4, -0.2) is 18.2 Å². The largest absolute Gasteiger partial charge is 0.276 e. The van der Waals surface area contributed by atoms with Crippen LogP contribution in [0.15, 0.2) is 27.6 Å². The van der Waals surface area contributed by atoms with Crippen LogP contribution < -0.4 is 4.72 Å². The second kappa shape index (κ2) is 5.72. The fourth-order valence-corrected chi connectivity index (χ4v) is 3.47. The summed E-state index contributed by atoms with van der Waals surface area (Å²) in [5.41, 5.74) is -0.249. The number of sulfonamides is 1. The van der Waals surface area contributed by atoms with Gasteiger partial charge >= 0.3 is 0 Å². The van der Waals surface area contributed by atoms with E-state index in [1.807, 2.05) is 4.72 Å². The van der Waals surface area contributed by atoms with E-state index in [9.17, 15) is 17.2 Å². The van der Waals surface area contributed by atoms with Crippen LogP contribution in [-0.2, 0) is 16.6 Å². The van der Waals surface area contributed by atoms with Crippen LogP contribution >= 0.6 is 15.9 Å². The first kappa shape index (κ1) is 15.9. The monoisotopic (exact) mass is 379 g/mol. The summed E-state index contributed by atoms with van der Waals surface area (Å²) in [5, 5.41) is 3.79. The van der Waals surface area contributed by atoms with E-state index in [1.54, 1.807) is 6.92 Å². The van der Waals surface area contributed by atoms with Gasteiger partial charge < -0.3 is 0 Å². The number of anilines is 1. The SMILES string of the molecule is CCn1nc(C)c(S(=O)(=O)Nc2ccc(Br)cc2F)c1F. The standard InChI is InChI=1S/C12H12BrF2N3O2S/c1-3-18-12(15)11(7(2)16-18)21(19,20)17-10-5-4-8(13)6-9(10)14/h4-6,17H,3H2,1-2H3. The Morgan fingerprint density at radius 3 is 2.57 bits per heavy atom. The molecular formula is C12H12BrF2N3O2S. The highest BCUT2D eigenvalue weighted by Crippen LogP contribution is 2.25. The zero-order valence-corrected chi connectivity index (χ0v) is 13.6. The van der Waals surface area contributed by atoms with Crippen LogP contribution in [0.4, 0.5) is 14.5 Å². The molecule has 1 aromatic heterocycles. The number of halogens is 3. The van der Waals surface area contributed by atoms with E-state index in [0.717, 1.165) is 10.7 Å². The van der Waals surface area contributed by atoms with Crippen molar-refractivity contribution in [2.75, 3.05) is 4.72 Å². The van der Waals surface area contributed by atoms with E-state index in [4.69, 9.17) is 0 Å². The molecule has 1 N–H and O–H groups in total. The van der Waals surface area contributed by atoms with Gasteiger partial charge in [-0.25, -0.2) is 17.5 Å². The van der Waals surface area contributed by atoms with Crippen LogP contribution in [0.25, 0.3) is 0 Å². The van der Waals surface area contributed by atoms with E-state index in [2.05, 4.69) is 21.0 Å². The minimum atomic E-state index is -4.26. The molecule has 0 unspecified atom stereocenters. The molecule has 0 bridgehead atoms. The van der Waals surface area contributed by atoms with Gasteiger partial charge in [-0.3, -0.25) is 4.72 Å². The number of nitrogens with one attached hydrogen (secondary N) is 1. The second-order valence-corrected chi connectivity index (χ2v) is 6.79. The minimum Gasteiger partial charge on any atom is -0.276 e. The second-order valence-electron chi connectivity index (χ2n) is 4.25. The van der Waals surface area contributed by atoms with Gasteiger partial charge in [0.15, 0.2) is 4.90 Å². The summed E-state index contributed by atoms with van der Waals surface area (Å²) in [7, 11) is -4.26. The molecule has 0 aliphatic carbocycles. The molecule has 5 nitrogen and oxygen atoms in total. The number of hydrogen-bond donors (Lipinski definition) is 1. The highest BCUT2D eigenvalue weighted by Gasteiger charge is 2.27. The quantitative estimate of drug-likeness (QED) is 0.887. The van der Waals surface area contributed by atoms with E-state index in [1.165, 1.54) is 19.1 Å². The Morgan fingerprint density at radius 1 is 1.38 bits per heavy atom. The summed E-state index contributed by atoms with van der Waals surface area (Å²) in [6.07, 6.45) is 0. The van der Waals surface area contributed by atoms with Crippen molar-refractivity contribution in [3.05, 3.63) is 40.1 Å².